The highest BCUT2D eigenvalue weighted by atomic mass is 16.4. The fraction of sp³-hybridized carbons (Fsp3) is 0.700. The monoisotopic (exact) mass is 181 g/mol. The molecule has 0 aromatic rings. The van der Waals surface area contributed by atoms with Gasteiger partial charge in [0.15, 0.2) is 0 Å². The molecule has 2 heterocycles. The van der Waals surface area contributed by atoms with Crippen LogP contribution in [-0.4, -0.2) is 35.1 Å². The van der Waals surface area contributed by atoms with Crippen molar-refractivity contribution in [1.29, 1.82) is 0 Å². The Morgan fingerprint density at radius 1 is 1.46 bits per heavy atom. The third-order valence-corrected chi connectivity index (χ3v) is 3.04. The molecule has 2 rings (SSSR count). The van der Waals surface area contributed by atoms with Gasteiger partial charge in [-0.1, -0.05) is 6.42 Å². The summed E-state index contributed by atoms with van der Waals surface area (Å²) in [7, 11) is 0. The van der Waals surface area contributed by atoms with Gasteiger partial charge in [0.2, 0.25) is 0 Å². The molecule has 13 heavy (non-hydrogen) atoms. The van der Waals surface area contributed by atoms with Crippen LogP contribution in [0.5, 0.6) is 0 Å². The zero-order valence-corrected chi connectivity index (χ0v) is 7.70. The molecule has 1 unspecified atom stereocenters. The molecule has 0 spiro atoms. The van der Waals surface area contributed by atoms with E-state index in [0.717, 1.165) is 31.5 Å². The Bertz CT molecular complexity index is 247. The second-order valence-corrected chi connectivity index (χ2v) is 3.86. The van der Waals surface area contributed by atoms with E-state index in [1.165, 1.54) is 18.9 Å². The maximum absolute atomic E-state index is 10.5. The van der Waals surface area contributed by atoms with Crippen molar-refractivity contribution in [1.82, 2.24) is 4.90 Å². The second kappa shape index (κ2) is 3.50. The number of nitrogens with zero attached hydrogens (tertiary/aromatic N) is 1. The normalized spacial score (nSPS) is 32.0. The Balaban J connectivity index is 2.11. The maximum Gasteiger partial charge on any atom is 0.328 e. The summed E-state index contributed by atoms with van der Waals surface area (Å²) in [6.45, 7) is 2.21. The number of carboxylic acids is 1. The first-order valence-corrected chi connectivity index (χ1v) is 4.95. The van der Waals surface area contributed by atoms with E-state index in [4.69, 9.17) is 5.11 Å². The largest absolute Gasteiger partial charge is 0.478 e. The molecule has 2 fully saturated rings. The number of rotatable bonds is 1. The van der Waals surface area contributed by atoms with E-state index < -0.39 is 5.97 Å². The van der Waals surface area contributed by atoms with E-state index >= 15 is 0 Å². The van der Waals surface area contributed by atoms with Gasteiger partial charge in [-0.15, -0.1) is 0 Å². The molecule has 1 atom stereocenters. The number of carboxylic acid groups (broad SMARTS) is 1. The molecule has 72 valence electrons. The molecule has 3 nitrogen and oxygen atoms in total. The first kappa shape index (κ1) is 8.75. The lowest BCUT2D eigenvalue weighted by Crippen LogP contribution is -2.34. The number of aliphatic carboxylic acids is 1. The average Bonchev–Trinajstić information content (AvgIpc) is 2.48. The third-order valence-electron chi connectivity index (χ3n) is 3.04. The second-order valence-electron chi connectivity index (χ2n) is 3.86. The zero-order chi connectivity index (χ0) is 9.26. The van der Waals surface area contributed by atoms with Gasteiger partial charge in [-0.25, -0.2) is 4.79 Å². The first-order chi connectivity index (χ1) is 6.27. The molecule has 0 aliphatic carbocycles. The van der Waals surface area contributed by atoms with E-state index in [0.29, 0.717) is 6.04 Å². The van der Waals surface area contributed by atoms with E-state index in [2.05, 4.69) is 4.90 Å². The van der Waals surface area contributed by atoms with Gasteiger partial charge in [-0.3, -0.25) is 4.90 Å². The minimum Gasteiger partial charge on any atom is -0.478 e. The molecule has 0 amide bonds. The number of hydrogen-bond donors (Lipinski definition) is 1. The van der Waals surface area contributed by atoms with Gasteiger partial charge < -0.3 is 5.11 Å². The van der Waals surface area contributed by atoms with Crippen LogP contribution in [0.2, 0.25) is 0 Å². The van der Waals surface area contributed by atoms with E-state index in [1.807, 2.05) is 0 Å². The Morgan fingerprint density at radius 3 is 3.08 bits per heavy atom. The molecular weight excluding hydrogens is 166 g/mol. The van der Waals surface area contributed by atoms with E-state index in [-0.39, 0.29) is 0 Å². The molecule has 0 radical (unpaired) electrons. The van der Waals surface area contributed by atoms with Crippen molar-refractivity contribution in [2.45, 2.75) is 31.7 Å². The van der Waals surface area contributed by atoms with Crippen LogP contribution in [0, 0.1) is 0 Å². The zero-order valence-electron chi connectivity index (χ0n) is 7.70. The number of carbonyl (C=O) groups is 1. The van der Waals surface area contributed by atoms with Gasteiger partial charge >= 0.3 is 5.97 Å². The standard InChI is InChI=1S/C10H15NO2/c12-10(13)7-8-4-6-11-5-2-1-3-9(8)11/h7,9H,1-6H2,(H,12,13)/b8-7-. The van der Waals surface area contributed by atoms with E-state index in [1.54, 1.807) is 0 Å². The summed E-state index contributed by atoms with van der Waals surface area (Å²) < 4.78 is 0. The fourth-order valence-corrected chi connectivity index (χ4v) is 2.44. The maximum atomic E-state index is 10.5. The molecule has 2 saturated heterocycles. The third kappa shape index (κ3) is 1.75. The van der Waals surface area contributed by atoms with Gasteiger partial charge in [0, 0.05) is 18.7 Å². The summed E-state index contributed by atoms with van der Waals surface area (Å²) in [4.78, 5) is 12.9. The summed E-state index contributed by atoms with van der Waals surface area (Å²) in [6.07, 6.45) is 6.04. The molecule has 3 heteroatoms. The van der Waals surface area contributed by atoms with Crippen molar-refractivity contribution in [2.24, 2.45) is 0 Å². The lowest BCUT2D eigenvalue weighted by molar-refractivity contribution is -0.131. The van der Waals surface area contributed by atoms with Crippen LogP contribution in [-0.2, 0) is 4.79 Å². The molecule has 0 bridgehead atoms. The molecule has 0 aromatic heterocycles. The highest BCUT2D eigenvalue weighted by Gasteiger charge is 2.31. The number of fused-ring (bicyclic) bond motifs is 1. The van der Waals surface area contributed by atoms with Crippen molar-refractivity contribution in [2.75, 3.05) is 13.1 Å². The van der Waals surface area contributed by atoms with Crippen LogP contribution >= 0.6 is 0 Å². The van der Waals surface area contributed by atoms with Crippen LogP contribution in [0.3, 0.4) is 0 Å². The smallest absolute Gasteiger partial charge is 0.328 e. The topological polar surface area (TPSA) is 40.5 Å². The minimum absolute atomic E-state index is 0.449. The summed E-state index contributed by atoms with van der Waals surface area (Å²) in [5.41, 5.74) is 1.13. The van der Waals surface area contributed by atoms with Crippen LogP contribution < -0.4 is 0 Å². The first-order valence-electron chi connectivity index (χ1n) is 4.95. The lowest BCUT2D eigenvalue weighted by Gasteiger charge is -2.29. The summed E-state index contributed by atoms with van der Waals surface area (Å²) >= 11 is 0. The molecule has 2 aliphatic rings. The predicted molar refractivity (Wildman–Crippen MR) is 49.5 cm³/mol. The number of hydrogen-bond acceptors (Lipinski definition) is 2. The summed E-state index contributed by atoms with van der Waals surface area (Å²) in [5, 5.41) is 8.67. The van der Waals surface area contributed by atoms with Gasteiger partial charge in [0.1, 0.15) is 0 Å². The highest BCUT2D eigenvalue weighted by Crippen LogP contribution is 2.30. The van der Waals surface area contributed by atoms with Crippen molar-refractivity contribution in [3.05, 3.63) is 11.6 Å². The molecule has 2 aliphatic heterocycles. The van der Waals surface area contributed by atoms with Crippen LogP contribution in [0.25, 0.3) is 0 Å². The lowest BCUT2D eigenvalue weighted by atomic mass is 9.98. The summed E-state index contributed by atoms with van der Waals surface area (Å²) in [5.74, 6) is -0.789. The van der Waals surface area contributed by atoms with Crippen LogP contribution in [0.4, 0.5) is 0 Å². The summed E-state index contributed by atoms with van der Waals surface area (Å²) in [6, 6.07) is 0.449. The van der Waals surface area contributed by atoms with Crippen molar-refractivity contribution < 1.29 is 9.90 Å². The van der Waals surface area contributed by atoms with Gasteiger partial charge in [-0.2, -0.15) is 0 Å². The molecule has 0 aromatic carbocycles. The van der Waals surface area contributed by atoms with Crippen molar-refractivity contribution in [3.63, 3.8) is 0 Å². The Labute approximate surface area is 78.0 Å². The molecule has 0 saturated carbocycles. The van der Waals surface area contributed by atoms with Gasteiger partial charge in [0.05, 0.1) is 0 Å². The minimum atomic E-state index is -0.789. The van der Waals surface area contributed by atoms with Crippen molar-refractivity contribution in [3.8, 4) is 0 Å². The van der Waals surface area contributed by atoms with Gasteiger partial charge in [0.25, 0.3) is 0 Å². The molecular formula is C10H15NO2. The highest BCUT2D eigenvalue weighted by molar-refractivity contribution is 5.81. The Kier molecular flexibility index (Phi) is 2.36. The quantitative estimate of drug-likeness (QED) is 0.619. The van der Waals surface area contributed by atoms with Gasteiger partial charge in [-0.05, 0) is 31.4 Å². The Morgan fingerprint density at radius 2 is 2.31 bits per heavy atom. The Hall–Kier alpha value is -0.830. The molecule has 1 N–H and O–H groups in total. The predicted octanol–water partition coefficient (Wildman–Crippen LogP) is 1.26. The SMILES string of the molecule is O=C(O)/C=C1/CCN2CCCCC12. The number of piperidine rings is 1. The van der Waals surface area contributed by atoms with Crippen LogP contribution in [0.1, 0.15) is 25.7 Å². The van der Waals surface area contributed by atoms with Crippen LogP contribution in [0.15, 0.2) is 11.6 Å². The van der Waals surface area contributed by atoms with E-state index in [9.17, 15) is 4.79 Å². The van der Waals surface area contributed by atoms with Crippen molar-refractivity contribution >= 4 is 5.97 Å². The average molecular weight is 181 g/mol. The fourth-order valence-electron chi connectivity index (χ4n) is 2.44.